The summed E-state index contributed by atoms with van der Waals surface area (Å²) in [6.45, 7) is 4.94. The lowest BCUT2D eigenvalue weighted by Gasteiger charge is -2.30. The zero-order valence-electron chi connectivity index (χ0n) is 13.5. The minimum Gasteiger partial charge on any atom is -0.486 e. The van der Waals surface area contributed by atoms with Crippen molar-refractivity contribution in [2.75, 3.05) is 25.1 Å². The van der Waals surface area contributed by atoms with Crippen molar-refractivity contribution in [1.29, 1.82) is 5.26 Å². The Labute approximate surface area is 136 Å². The molecule has 2 aromatic rings. The predicted octanol–water partition coefficient (Wildman–Crippen LogP) is 2.85. The van der Waals surface area contributed by atoms with Gasteiger partial charge in [0.15, 0.2) is 17.6 Å². The van der Waals surface area contributed by atoms with Crippen LogP contribution in [0.4, 0.5) is 5.82 Å². The van der Waals surface area contributed by atoms with Crippen molar-refractivity contribution >= 4 is 5.82 Å². The molecule has 1 aromatic carbocycles. The molecule has 5 nitrogen and oxygen atoms in total. The molecule has 0 bridgehead atoms. The number of para-hydroxylation sites is 2. The van der Waals surface area contributed by atoms with Crippen molar-refractivity contribution in [3.05, 3.63) is 47.2 Å². The molecule has 1 atom stereocenters. The number of rotatable bonds is 3. The molecule has 23 heavy (non-hydrogen) atoms. The Balaban J connectivity index is 1.79. The predicted molar refractivity (Wildman–Crippen MR) is 88.0 cm³/mol. The second-order valence-electron chi connectivity index (χ2n) is 5.77. The van der Waals surface area contributed by atoms with Gasteiger partial charge in [-0.15, -0.1) is 0 Å². The van der Waals surface area contributed by atoms with Gasteiger partial charge in [0.05, 0.1) is 12.1 Å². The van der Waals surface area contributed by atoms with Crippen LogP contribution in [0, 0.1) is 25.2 Å². The fourth-order valence-corrected chi connectivity index (χ4v) is 2.78. The van der Waals surface area contributed by atoms with E-state index in [1.165, 1.54) is 0 Å². The maximum atomic E-state index is 9.40. The summed E-state index contributed by atoms with van der Waals surface area (Å²) in [6, 6.07) is 11.8. The molecule has 0 spiro atoms. The third-order valence-electron chi connectivity index (χ3n) is 3.84. The Morgan fingerprint density at radius 1 is 1.30 bits per heavy atom. The minimum atomic E-state index is -0.107. The number of hydrogen-bond acceptors (Lipinski definition) is 5. The van der Waals surface area contributed by atoms with E-state index in [9.17, 15) is 5.26 Å². The number of benzene rings is 1. The largest absolute Gasteiger partial charge is 0.486 e. The second-order valence-corrected chi connectivity index (χ2v) is 5.77. The molecule has 1 aliphatic heterocycles. The van der Waals surface area contributed by atoms with Crippen LogP contribution in [-0.2, 0) is 0 Å². The average molecular weight is 309 g/mol. The quantitative estimate of drug-likeness (QED) is 0.872. The highest BCUT2D eigenvalue weighted by Crippen LogP contribution is 2.31. The van der Waals surface area contributed by atoms with Crippen molar-refractivity contribution in [3.63, 3.8) is 0 Å². The maximum Gasteiger partial charge on any atom is 0.161 e. The van der Waals surface area contributed by atoms with E-state index >= 15 is 0 Å². The van der Waals surface area contributed by atoms with Gasteiger partial charge in [-0.1, -0.05) is 12.1 Å². The van der Waals surface area contributed by atoms with Crippen molar-refractivity contribution < 1.29 is 9.47 Å². The van der Waals surface area contributed by atoms with Crippen LogP contribution in [-0.4, -0.2) is 31.3 Å². The van der Waals surface area contributed by atoms with Gasteiger partial charge in [0, 0.05) is 12.7 Å². The molecule has 0 N–H and O–H groups in total. The molecule has 1 unspecified atom stereocenters. The number of pyridine rings is 1. The molecule has 0 fully saturated rings. The average Bonchev–Trinajstić information content (AvgIpc) is 2.54. The van der Waals surface area contributed by atoms with Crippen molar-refractivity contribution in [2.24, 2.45) is 0 Å². The summed E-state index contributed by atoms with van der Waals surface area (Å²) in [5.41, 5.74) is 2.44. The molecular formula is C18H19N3O2. The first kappa shape index (κ1) is 15.2. The van der Waals surface area contributed by atoms with E-state index in [0.29, 0.717) is 24.5 Å². The van der Waals surface area contributed by atoms with Gasteiger partial charge in [-0.3, -0.25) is 0 Å². The summed E-state index contributed by atoms with van der Waals surface area (Å²) in [6.07, 6.45) is -0.107. The van der Waals surface area contributed by atoms with Gasteiger partial charge in [-0.05, 0) is 37.6 Å². The summed E-state index contributed by atoms with van der Waals surface area (Å²) in [7, 11) is 1.92. The van der Waals surface area contributed by atoms with E-state index in [2.05, 4.69) is 11.1 Å². The van der Waals surface area contributed by atoms with E-state index in [1.54, 1.807) is 0 Å². The van der Waals surface area contributed by atoms with E-state index in [0.717, 1.165) is 22.8 Å². The maximum absolute atomic E-state index is 9.40. The van der Waals surface area contributed by atoms with E-state index in [-0.39, 0.29) is 6.10 Å². The SMILES string of the molecule is Cc1cc(C)c(C#N)c(N(C)CC2COc3ccccc3O2)n1. The zero-order valence-corrected chi connectivity index (χ0v) is 13.5. The number of likely N-dealkylation sites (N-methyl/N-ethyl adjacent to an activating group) is 1. The third kappa shape index (κ3) is 3.07. The van der Waals surface area contributed by atoms with Gasteiger partial charge >= 0.3 is 0 Å². The number of fused-ring (bicyclic) bond motifs is 1. The van der Waals surface area contributed by atoms with Crippen LogP contribution < -0.4 is 14.4 Å². The van der Waals surface area contributed by atoms with Gasteiger partial charge in [-0.2, -0.15) is 5.26 Å². The summed E-state index contributed by atoms with van der Waals surface area (Å²) in [5, 5.41) is 9.40. The number of ether oxygens (including phenoxy) is 2. The molecule has 2 heterocycles. The van der Waals surface area contributed by atoms with Crippen LogP contribution in [0.25, 0.3) is 0 Å². The lowest BCUT2D eigenvalue weighted by Crippen LogP contribution is -2.40. The molecule has 0 aliphatic carbocycles. The highest BCUT2D eigenvalue weighted by atomic mass is 16.6. The smallest absolute Gasteiger partial charge is 0.161 e. The van der Waals surface area contributed by atoms with Gasteiger partial charge in [0.1, 0.15) is 18.5 Å². The Morgan fingerprint density at radius 3 is 2.78 bits per heavy atom. The molecular weight excluding hydrogens is 290 g/mol. The third-order valence-corrected chi connectivity index (χ3v) is 3.84. The second kappa shape index (κ2) is 6.17. The lowest BCUT2D eigenvalue weighted by molar-refractivity contribution is 0.0959. The Hall–Kier alpha value is -2.74. The van der Waals surface area contributed by atoms with Crippen LogP contribution in [0.5, 0.6) is 11.5 Å². The fourth-order valence-electron chi connectivity index (χ4n) is 2.78. The number of anilines is 1. The van der Waals surface area contributed by atoms with Gasteiger partial charge in [0.25, 0.3) is 0 Å². The number of nitriles is 1. The summed E-state index contributed by atoms with van der Waals surface area (Å²) >= 11 is 0. The zero-order chi connectivity index (χ0) is 16.4. The number of nitrogens with zero attached hydrogens (tertiary/aromatic N) is 3. The van der Waals surface area contributed by atoms with E-state index in [4.69, 9.17) is 9.47 Å². The fraction of sp³-hybridized carbons (Fsp3) is 0.333. The number of hydrogen-bond donors (Lipinski definition) is 0. The standard InChI is InChI=1S/C18H19N3O2/c1-12-8-13(2)20-18(15(12)9-19)21(3)10-14-11-22-16-6-4-5-7-17(16)23-14/h4-8,14H,10-11H2,1-3H3. The Kier molecular flexibility index (Phi) is 4.07. The minimum absolute atomic E-state index is 0.107. The van der Waals surface area contributed by atoms with Crippen molar-refractivity contribution in [3.8, 4) is 17.6 Å². The van der Waals surface area contributed by atoms with Crippen LogP contribution in [0.15, 0.2) is 30.3 Å². The monoisotopic (exact) mass is 309 g/mol. The van der Waals surface area contributed by atoms with Gasteiger partial charge < -0.3 is 14.4 Å². The number of aryl methyl sites for hydroxylation is 2. The van der Waals surface area contributed by atoms with Crippen molar-refractivity contribution in [2.45, 2.75) is 20.0 Å². The normalized spacial score (nSPS) is 15.8. The highest BCUT2D eigenvalue weighted by molar-refractivity contribution is 5.57. The van der Waals surface area contributed by atoms with Gasteiger partial charge in [-0.25, -0.2) is 4.98 Å². The van der Waals surface area contributed by atoms with E-state index in [1.807, 2.05) is 56.1 Å². The molecule has 118 valence electrons. The molecule has 0 saturated heterocycles. The molecule has 0 amide bonds. The van der Waals surface area contributed by atoms with Crippen molar-refractivity contribution in [1.82, 2.24) is 4.98 Å². The Morgan fingerprint density at radius 2 is 2.04 bits per heavy atom. The van der Waals surface area contributed by atoms with Crippen LogP contribution in [0.2, 0.25) is 0 Å². The highest BCUT2D eigenvalue weighted by Gasteiger charge is 2.23. The molecule has 5 heteroatoms. The molecule has 0 radical (unpaired) electrons. The van der Waals surface area contributed by atoms with Crippen LogP contribution in [0.1, 0.15) is 16.8 Å². The van der Waals surface area contributed by atoms with E-state index < -0.39 is 0 Å². The van der Waals surface area contributed by atoms with Crippen LogP contribution in [0.3, 0.4) is 0 Å². The number of aromatic nitrogens is 1. The lowest BCUT2D eigenvalue weighted by atomic mass is 10.1. The van der Waals surface area contributed by atoms with Crippen LogP contribution >= 0.6 is 0 Å². The molecule has 0 saturated carbocycles. The first-order valence-corrected chi connectivity index (χ1v) is 7.56. The molecule has 3 rings (SSSR count). The first-order chi connectivity index (χ1) is 11.1. The Bertz CT molecular complexity index is 767. The summed E-state index contributed by atoms with van der Waals surface area (Å²) < 4.78 is 11.7. The summed E-state index contributed by atoms with van der Waals surface area (Å²) in [4.78, 5) is 6.48. The van der Waals surface area contributed by atoms with Gasteiger partial charge in [0.2, 0.25) is 0 Å². The molecule has 1 aromatic heterocycles. The topological polar surface area (TPSA) is 58.4 Å². The molecule has 1 aliphatic rings. The summed E-state index contributed by atoms with van der Waals surface area (Å²) in [5.74, 6) is 2.21. The first-order valence-electron chi connectivity index (χ1n) is 7.56.